The summed E-state index contributed by atoms with van der Waals surface area (Å²) in [4.78, 5) is 28.3. The van der Waals surface area contributed by atoms with Gasteiger partial charge >= 0.3 is 11.9 Å². The second-order valence-corrected chi connectivity index (χ2v) is 5.85. The number of pyridine rings is 1. The minimum Gasteiger partial charge on any atom is -0.505 e. The van der Waals surface area contributed by atoms with Crippen LogP contribution in [-0.2, 0) is 15.9 Å². The number of hydrogen-bond acceptors (Lipinski definition) is 6. The quantitative estimate of drug-likeness (QED) is 0.711. The molecule has 0 atom stereocenters. The molecule has 7 heteroatoms. The number of carbonyl (C=O) groups excluding carboxylic acids is 2. The molecule has 0 unspecified atom stereocenters. The van der Waals surface area contributed by atoms with E-state index < -0.39 is 11.9 Å². The fraction of sp³-hybridized carbons (Fsp3) is 0.150. The molecule has 0 aliphatic carbocycles. The lowest BCUT2D eigenvalue weighted by atomic mass is 9.99. The average molecular weight is 369 g/mol. The van der Waals surface area contributed by atoms with Crippen molar-refractivity contribution < 1.29 is 28.6 Å². The van der Waals surface area contributed by atoms with Crippen LogP contribution >= 0.6 is 0 Å². The van der Waals surface area contributed by atoms with E-state index in [1.807, 2.05) is 0 Å². The van der Waals surface area contributed by atoms with E-state index in [1.54, 1.807) is 18.2 Å². The van der Waals surface area contributed by atoms with E-state index in [9.17, 15) is 19.1 Å². The van der Waals surface area contributed by atoms with E-state index in [1.165, 1.54) is 38.6 Å². The van der Waals surface area contributed by atoms with Gasteiger partial charge in [0, 0.05) is 11.6 Å². The van der Waals surface area contributed by atoms with Crippen molar-refractivity contribution in [1.29, 1.82) is 0 Å². The molecule has 1 aromatic heterocycles. The summed E-state index contributed by atoms with van der Waals surface area (Å²) in [5.41, 5.74) is 1.58. The number of hydrogen-bond donors (Lipinski definition) is 1. The normalized spacial score (nSPS) is 10.6. The number of carbonyl (C=O) groups is 2. The van der Waals surface area contributed by atoms with Gasteiger partial charge in [0.1, 0.15) is 16.9 Å². The molecule has 0 aliphatic rings. The highest BCUT2D eigenvalue weighted by Gasteiger charge is 2.22. The van der Waals surface area contributed by atoms with E-state index in [4.69, 9.17) is 4.74 Å². The number of halogens is 1. The second kappa shape index (κ2) is 7.41. The minimum atomic E-state index is -0.795. The summed E-state index contributed by atoms with van der Waals surface area (Å²) in [5, 5.41) is 10.7. The van der Waals surface area contributed by atoms with Crippen LogP contribution < -0.4 is 0 Å². The van der Waals surface area contributed by atoms with E-state index in [0.717, 1.165) is 11.1 Å². The van der Waals surface area contributed by atoms with Crippen LogP contribution in [0.15, 0.2) is 42.6 Å². The summed E-state index contributed by atoms with van der Waals surface area (Å²) < 4.78 is 22.5. The smallest absolute Gasteiger partial charge is 0.341 e. The first-order valence-electron chi connectivity index (χ1n) is 8.00. The first kappa shape index (κ1) is 18.3. The van der Waals surface area contributed by atoms with Gasteiger partial charge in [-0.05, 0) is 41.8 Å². The van der Waals surface area contributed by atoms with E-state index in [2.05, 4.69) is 9.72 Å². The van der Waals surface area contributed by atoms with Crippen LogP contribution in [0.2, 0.25) is 0 Å². The van der Waals surface area contributed by atoms with Crippen LogP contribution in [0, 0.1) is 5.82 Å². The Hall–Kier alpha value is -3.48. The molecule has 3 rings (SSSR count). The highest BCUT2D eigenvalue weighted by atomic mass is 19.1. The zero-order chi connectivity index (χ0) is 19.6. The van der Waals surface area contributed by atoms with Gasteiger partial charge in [0.25, 0.3) is 0 Å². The third-order valence-corrected chi connectivity index (χ3v) is 4.13. The van der Waals surface area contributed by atoms with Crippen LogP contribution in [0.5, 0.6) is 5.75 Å². The van der Waals surface area contributed by atoms with Crippen LogP contribution in [0.3, 0.4) is 0 Å². The predicted molar refractivity (Wildman–Crippen MR) is 95.3 cm³/mol. The van der Waals surface area contributed by atoms with Gasteiger partial charge in [0.15, 0.2) is 5.75 Å². The third kappa shape index (κ3) is 3.57. The van der Waals surface area contributed by atoms with Gasteiger partial charge in [-0.1, -0.05) is 12.1 Å². The molecule has 0 amide bonds. The molecule has 0 bridgehead atoms. The number of phenolic OH excluding ortho intramolecular Hbond substituents is 1. The first-order chi connectivity index (χ1) is 12.9. The van der Waals surface area contributed by atoms with Crippen molar-refractivity contribution in [2.45, 2.75) is 6.42 Å². The molecule has 1 heterocycles. The topological polar surface area (TPSA) is 85.7 Å². The van der Waals surface area contributed by atoms with Gasteiger partial charge in [-0.3, -0.25) is 4.98 Å². The summed E-state index contributed by atoms with van der Waals surface area (Å²) >= 11 is 0. The van der Waals surface area contributed by atoms with E-state index in [0.29, 0.717) is 11.8 Å². The van der Waals surface area contributed by atoms with Crippen molar-refractivity contribution in [2.24, 2.45) is 0 Å². The SMILES string of the molecule is COC(=O)c1cc(C(=O)OC)c2cc(Cc3ccc(F)cc3)cnc2c1O. The van der Waals surface area contributed by atoms with Crippen molar-refractivity contribution in [1.82, 2.24) is 4.98 Å². The standard InChI is InChI=1S/C20H16FNO5/c1-26-19(24)15-9-16(20(25)27-2)18(23)17-14(15)8-12(10-22-17)7-11-3-5-13(21)6-4-11/h3-6,8-10,23H,7H2,1-2H3. The molecular formula is C20H16FNO5. The highest BCUT2D eigenvalue weighted by Crippen LogP contribution is 2.32. The van der Waals surface area contributed by atoms with Crippen LogP contribution in [0.25, 0.3) is 10.9 Å². The van der Waals surface area contributed by atoms with Gasteiger partial charge < -0.3 is 14.6 Å². The van der Waals surface area contributed by atoms with Crippen LogP contribution in [-0.4, -0.2) is 36.2 Å². The zero-order valence-electron chi connectivity index (χ0n) is 14.7. The molecule has 6 nitrogen and oxygen atoms in total. The molecular weight excluding hydrogens is 353 g/mol. The van der Waals surface area contributed by atoms with Gasteiger partial charge in [-0.15, -0.1) is 0 Å². The Labute approximate surface area is 154 Å². The maximum Gasteiger partial charge on any atom is 0.341 e. The summed E-state index contributed by atoms with van der Waals surface area (Å²) in [5.74, 6) is -2.18. The molecule has 0 saturated carbocycles. The Bertz CT molecular complexity index is 1030. The molecule has 0 radical (unpaired) electrons. The number of esters is 2. The number of nitrogens with zero attached hydrogens (tertiary/aromatic N) is 1. The van der Waals surface area contributed by atoms with Crippen molar-refractivity contribution >= 4 is 22.8 Å². The van der Waals surface area contributed by atoms with Crippen molar-refractivity contribution in [3.63, 3.8) is 0 Å². The average Bonchev–Trinajstić information content (AvgIpc) is 2.69. The van der Waals surface area contributed by atoms with Gasteiger partial charge in [0.05, 0.1) is 19.8 Å². The third-order valence-electron chi connectivity index (χ3n) is 4.13. The number of benzene rings is 2. The lowest BCUT2D eigenvalue weighted by Crippen LogP contribution is -2.08. The Balaban J connectivity index is 2.15. The molecule has 138 valence electrons. The molecule has 0 saturated heterocycles. The summed E-state index contributed by atoms with van der Waals surface area (Å²) in [6, 6.07) is 8.92. The fourth-order valence-electron chi connectivity index (χ4n) is 2.80. The zero-order valence-corrected chi connectivity index (χ0v) is 14.7. The number of aromatic nitrogens is 1. The highest BCUT2D eigenvalue weighted by molar-refractivity contribution is 6.10. The Morgan fingerprint density at radius 3 is 2.26 bits per heavy atom. The number of ether oxygens (including phenoxy) is 2. The van der Waals surface area contributed by atoms with Crippen molar-refractivity contribution in [3.8, 4) is 5.75 Å². The Morgan fingerprint density at radius 1 is 1.00 bits per heavy atom. The first-order valence-corrected chi connectivity index (χ1v) is 8.00. The van der Waals surface area contributed by atoms with Crippen molar-refractivity contribution in [2.75, 3.05) is 14.2 Å². The molecule has 0 fully saturated rings. The monoisotopic (exact) mass is 369 g/mol. The Morgan fingerprint density at radius 2 is 1.63 bits per heavy atom. The van der Waals surface area contributed by atoms with Gasteiger partial charge in [0.2, 0.25) is 0 Å². The van der Waals surface area contributed by atoms with E-state index >= 15 is 0 Å². The molecule has 0 spiro atoms. The summed E-state index contributed by atoms with van der Waals surface area (Å²) in [7, 11) is 2.39. The van der Waals surface area contributed by atoms with Gasteiger partial charge in [-0.25, -0.2) is 14.0 Å². The maximum atomic E-state index is 13.1. The summed E-state index contributed by atoms with van der Waals surface area (Å²) in [6.07, 6.45) is 1.97. The molecule has 2 aromatic carbocycles. The number of fused-ring (bicyclic) bond motifs is 1. The molecule has 27 heavy (non-hydrogen) atoms. The minimum absolute atomic E-state index is 0.0826. The molecule has 1 N–H and O–H groups in total. The maximum absolute atomic E-state index is 13.1. The van der Waals surface area contributed by atoms with Crippen molar-refractivity contribution in [3.05, 3.63) is 70.7 Å². The van der Waals surface area contributed by atoms with Gasteiger partial charge in [-0.2, -0.15) is 0 Å². The number of methoxy groups -OCH3 is 2. The number of phenols is 1. The lowest BCUT2D eigenvalue weighted by Gasteiger charge is -2.11. The van der Waals surface area contributed by atoms with E-state index in [-0.39, 0.29) is 28.2 Å². The second-order valence-electron chi connectivity index (χ2n) is 5.85. The Kier molecular flexibility index (Phi) is 5.03. The lowest BCUT2D eigenvalue weighted by molar-refractivity contribution is 0.0597. The molecule has 3 aromatic rings. The number of rotatable bonds is 4. The fourth-order valence-corrected chi connectivity index (χ4v) is 2.80. The van der Waals surface area contributed by atoms with Crippen LogP contribution in [0.4, 0.5) is 4.39 Å². The number of aromatic hydroxyl groups is 1. The predicted octanol–water partition coefficient (Wildman–Crippen LogP) is 3.24. The molecule has 0 aliphatic heterocycles. The largest absolute Gasteiger partial charge is 0.505 e. The summed E-state index contributed by atoms with van der Waals surface area (Å²) in [6.45, 7) is 0. The van der Waals surface area contributed by atoms with Crippen LogP contribution in [0.1, 0.15) is 31.8 Å².